The minimum absolute atomic E-state index is 0.0514. The van der Waals surface area contributed by atoms with Crippen LogP contribution in [-0.4, -0.2) is 42.5 Å². The highest BCUT2D eigenvalue weighted by atomic mass is 35.5. The summed E-state index contributed by atoms with van der Waals surface area (Å²) >= 11 is 5.92. The zero-order valence-corrected chi connectivity index (χ0v) is 18.3. The number of hydrogen-bond acceptors (Lipinski definition) is 7. The molecule has 0 fully saturated rings. The molecule has 2 aromatic rings. The Kier molecular flexibility index (Phi) is 10.5. The fourth-order valence-electron chi connectivity index (χ4n) is 2.01. The predicted octanol–water partition coefficient (Wildman–Crippen LogP) is 4.70. The number of amides is 1. The quantitative estimate of drug-likeness (QED) is 0.322. The molecule has 2 rings (SSSR count). The highest BCUT2D eigenvalue weighted by molar-refractivity contribution is 6.32. The molecule has 8 nitrogen and oxygen atoms in total. The number of methoxy groups -OCH3 is 1. The summed E-state index contributed by atoms with van der Waals surface area (Å²) in [6, 6.07) is 4.46. The number of Topliss-reactive ketones (excluding diaryl/α,β-unsaturated/α-hetero) is 1. The normalized spacial score (nSPS) is 10.4. The number of ether oxygens (including phenoxy) is 3. The van der Waals surface area contributed by atoms with Gasteiger partial charge in [-0.3, -0.25) is 9.59 Å². The number of nitrogens with one attached hydrogen (secondary N) is 1. The molecule has 1 aromatic carbocycles. The van der Waals surface area contributed by atoms with E-state index in [1.54, 1.807) is 0 Å². The maximum absolute atomic E-state index is 14.1. The van der Waals surface area contributed by atoms with Crippen molar-refractivity contribution in [1.82, 2.24) is 4.98 Å². The third-order valence-corrected chi connectivity index (χ3v) is 3.74. The highest BCUT2D eigenvalue weighted by Gasteiger charge is 2.39. The fraction of sp³-hybridized carbons (Fsp3) is 0.300. The second kappa shape index (κ2) is 12.6. The van der Waals surface area contributed by atoms with E-state index in [9.17, 15) is 31.9 Å². The first kappa shape index (κ1) is 27.6. The number of halogens is 5. The van der Waals surface area contributed by atoms with Gasteiger partial charge in [-0.05, 0) is 18.2 Å². The van der Waals surface area contributed by atoms with Gasteiger partial charge < -0.3 is 19.5 Å². The first-order chi connectivity index (χ1) is 15.5. The fourth-order valence-corrected chi connectivity index (χ4v) is 2.20. The van der Waals surface area contributed by atoms with Crippen molar-refractivity contribution in [2.24, 2.45) is 0 Å². The lowest BCUT2D eigenvalue weighted by Crippen LogP contribution is -2.28. The average Bonchev–Trinajstić information content (AvgIpc) is 2.76. The number of aromatic nitrogens is 1. The molecule has 0 spiro atoms. The van der Waals surface area contributed by atoms with Crippen LogP contribution in [0.4, 0.5) is 23.2 Å². The zero-order chi connectivity index (χ0) is 25.2. The molecule has 33 heavy (non-hydrogen) atoms. The molecule has 0 bridgehead atoms. The second-order valence-electron chi connectivity index (χ2n) is 5.68. The van der Waals surface area contributed by atoms with Crippen molar-refractivity contribution in [3.63, 3.8) is 0 Å². The molecule has 0 aliphatic rings. The number of pyridine rings is 1. The molecule has 0 saturated carbocycles. The maximum atomic E-state index is 14.1. The van der Waals surface area contributed by atoms with Gasteiger partial charge in [-0.1, -0.05) is 25.4 Å². The van der Waals surface area contributed by atoms with Gasteiger partial charge in [0.2, 0.25) is 11.7 Å². The van der Waals surface area contributed by atoms with Crippen LogP contribution in [-0.2, 0) is 19.1 Å². The zero-order valence-electron chi connectivity index (χ0n) is 17.6. The number of alkyl halides is 3. The molecule has 0 radical (unpaired) electrons. The van der Waals surface area contributed by atoms with E-state index in [-0.39, 0.29) is 22.4 Å². The van der Waals surface area contributed by atoms with E-state index < -0.39 is 48.4 Å². The predicted molar refractivity (Wildman–Crippen MR) is 109 cm³/mol. The van der Waals surface area contributed by atoms with Crippen molar-refractivity contribution in [1.29, 1.82) is 0 Å². The third-order valence-electron chi connectivity index (χ3n) is 3.44. The van der Waals surface area contributed by atoms with Gasteiger partial charge in [0.1, 0.15) is 11.6 Å². The number of anilines is 1. The van der Waals surface area contributed by atoms with Gasteiger partial charge in [-0.25, -0.2) is 14.2 Å². The Balaban J connectivity index is 0.00000265. The monoisotopic (exact) mass is 494 g/mol. The largest absolute Gasteiger partial charge is 0.466 e. The van der Waals surface area contributed by atoms with Crippen molar-refractivity contribution < 1.29 is 46.2 Å². The summed E-state index contributed by atoms with van der Waals surface area (Å²) in [6.07, 6.45) is -5.41. The van der Waals surface area contributed by atoms with E-state index in [2.05, 4.69) is 9.72 Å². The van der Waals surface area contributed by atoms with Gasteiger partial charge in [-0.15, -0.1) is 0 Å². The lowest BCUT2D eigenvalue weighted by molar-refractivity contribution is -0.171. The molecular weight excluding hydrogens is 476 g/mol. The van der Waals surface area contributed by atoms with Gasteiger partial charge in [0, 0.05) is 12.3 Å². The molecule has 180 valence electrons. The van der Waals surface area contributed by atoms with Crippen molar-refractivity contribution in [3.05, 3.63) is 41.3 Å². The number of benzene rings is 1. The van der Waals surface area contributed by atoms with Crippen LogP contribution >= 0.6 is 11.6 Å². The van der Waals surface area contributed by atoms with Crippen molar-refractivity contribution in [3.8, 4) is 17.4 Å². The van der Waals surface area contributed by atoms with Crippen LogP contribution in [0.5, 0.6) is 17.4 Å². The van der Waals surface area contributed by atoms with E-state index in [4.69, 9.17) is 21.1 Å². The Morgan fingerprint density at radius 2 is 1.82 bits per heavy atom. The second-order valence-corrected chi connectivity index (χ2v) is 6.09. The Morgan fingerprint density at radius 1 is 1.15 bits per heavy atom. The van der Waals surface area contributed by atoms with Gasteiger partial charge in [-0.2, -0.15) is 13.2 Å². The van der Waals surface area contributed by atoms with E-state index in [0.29, 0.717) is 0 Å². The summed E-state index contributed by atoms with van der Waals surface area (Å²) < 4.78 is 66.0. The molecular formula is C20H19ClF4N2O6. The van der Waals surface area contributed by atoms with E-state index in [1.165, 1.54) is 18.3 Å². The van der Waals surface area contributed by atoms with E-state index >= 15 is 0 Å². The number of carbonyl (C=O) groups is 3. The molecule has 1 N–H and O–H groups in total. The van der Waals surface area contributed by atoms with Gasteiger partial charge in [0.25, 0.3) is 5.88 Å². The molecule has 13 heteroatoms. The number of ketones is 1. The van der Waals surface area contributed by atoms with E-state index in [1.807, 2.05) is 19.2 Å². The van der Waals surface area contributed by atoms with Crippen LogP contribution in [0.3, 0.4) is 0 Å². The number of esters is 1. The molecule has 0 aliphatic carbocycles. The van der Waals surface area contributed by atoms with Gasteiger partial charge in [0.05, 0.1) is 24.2 Å². The number of nitrogens with zero attached hydrogens (tertiary/aromatic N) is 1. The minimum atomic E-state index is -5.20. The molecule has 0 aliphatic heterocycles. The smallest absolute Gasteiger partial charge is 0.450 e. The van der Waals surface area contributed by atoms with Crippen LogP contribution in [0.2, 0.25) is 5.02 Å². The first-order valence-corrected chi connectivity index (χ1v) is 9.60. The Bertz CT molecular complexity index is 1000. The highest BCUT2D eigenvalue weighted by Crippen LogP contribution is 2.36. The minimum Gasteiger partial charge on any atom is -0.466 e. The number of hydrogen-bond donors (Lipinski definition) is 1. The average molecular weight is 495 g/mol. The maximum Gasteiger partial charge on any atom is 0.450 e. The van der Waals surface area contributed by atoms with E-state index in [0.717, 1.165) is 19.2 Å². The van der Waals surface area contributed by atoms with Crippen molar-refractivity contribution in [2.75, 3.05) is 19.0 Å². The number of rotatable bonds is 8. The number of carbonyl (C=O) groups excluding carboxylic acids is 3. The topological polar surface area (TPSA) is 104 Å². The Morgan fingerprint density at radius 3 is 2.42 bits per heavy atom. The molecule has 0 saturated heterocycles. The molecule has 0 atom stereocenters. The Hall–Kier alpha value is -3.41. The van der Waals surface area contributed by atoms with Gasteiger partial charge in [0.15, 0.2) is 12.4 Å². The molecule has 0 unspecified atom stereocenters. The standard InChI is InChI=1S/C18H13ClF4N2O6.C2H6/c1-29-16(28)8-30-17-12(3-2-4-24-17)31-13-6-11(10(20)5-9(13)19)25-15(27)7-14(26)18(21,22)23;1-2/h2-6H,7-8H2,1H3,(H,25,27);1-2H3. The van der Waals surface area contributed by atoms with Crippen molar-refractivity contribution in [2.45, 2.75) is 26.4 Å². The summed E-state index contributed by atoms with van der Waals surface area (Å²) in [5, 5.41) is 1.59. The summed E-state index contributed by atoms with van der Waals surface area (Å²) in [7, 11) is 1.15. The summed E-state index contributed by atoms with van der Waals surface area (Å²) in [5.41, 5.74) is -0.583. The summed E-state index contributed by atoms with van der Waals surface area (Å²) in [6.45, 7) is 3.51. The van der Waals surface area contributed by atoms with Crippen molar-refractivity contribution >= 4 is 34.9 Å². The SMILES string of the molecule is CC.COC(=O)COc1ncccc1Oc1cc(NC(=O)CC(=O)C(F)(F)F)c(F)cc1Cl. The van der Waals surface area contributed by atoms with Crippen LogP contribution < -0.4 is 14.8 Å². The van der Waals surface area contributed by atoms with Crippen LogP contribution in [0.25, 0.3) is 0 Å². The molecule has 1 amide bonds. The lowest BCUT2D eigenvalue weighted by Gasteiger charge is -2.14. The van der Waals surface area contributed by atoms with Crippen LogP contribution in [0.1, 0.15) is 20.3 Å². The Labute approximate surface area is 190 Å². The molecule has 1 aromatic heterocycles. The summed E-state index contributed by atoms with van der Waals surface area (Å²) in [4.78, 5) is 37.7. The van der Waals surface area contributed by atoms with Crippen LogP contribution in [0.15, 0.2) is 30.5 Å². The van der Waals surface area contributed by atoms with Crippen LogP contribution in [0, 0.1) is 5.82 Å². The van der Waals surface area contributed by atoms with Gasteiger partial charge >= 0.3 is 12.1 Å². The third kappa shape index (κ3) is 8.56. The first-order valence-electron chi connectivity index (χ1n) is 9.22. The summed E-state index contributed by atoms with van der Waals surface area (Å²) in [5.74, 6) is -5.89. The molecule has 1 heterocycles. The lowest BCUT2D eigenvalue weighted by atomic mass is 10.2.